The van der Waals surface area contributed by atoms with Crippen molar-refractivity contribution in [1.82, 2.24) is 0 Å². The summed E-state index contributed by atoms with van der Waals surface area (Å²) in [6.45, 7) is 0. The van der Waals surface area contributed by atoms with Crippen LogP contribution in [0.25, 0.3) is 10.8 Å². The lowest BCUT2D eigenvalue weighted by atomic mass is 10.0. The number of phenolic OH excluding ortho intramolecular Hbond substituents is 1. The third kappa shape index (κ3) is 2.98. The van der Waals surface area contributed by atoms with Crippen molar-refractivity contribution in [1.29, 1.82) is 0 Å². The van der Waals surface area contributed by atoms with E-state index in [0.717, 1.165) is 10.8 Å². The lowest BCUT2D eigenvalue weighted by Crippen LogP contribution is -2.14. The summed E-state index contributed by atoms with van der Waals surface area (Å²) >= 11 is 0. The van der Waals surface area contributed by atoms with E-state index in [4.69, 9.17) is 0 Å². The van der Waals surface area contributed by atoms with Gasteiger partial charge in [0.2, 0.25) is 0 Å². The fraction of sp³-hybridized carbons (Fsp3) is 0. The number of amides is 1. The van der Waals surface area contributed by atoms with Gasteiger partial charge in [-0.25, -0.2) is 4.79 Å². The van der Waals surface area contributed by atoms with Gasteiger partial charge in [0.15, 0.2) is 0 Å². The van der Waals surface area contributed by atoms with Gasteiger partial charge in [0.25, 0.3) is 5.91 Å². The van der Waals surface area contributed by atoms with E-state index in [9.17, 15) is 19.8 Å². The number of phenols is 1. The molecule has 0 spiro atoms. The molecule has 1 amide bonds. The van der Waals surface area contributed by atoms with Crippen LogP contribution in [-0.4, -0.2) is 22.1 Å². The second-order valence-corrected chi connectivity index (χ2v) is 5.05. The topological polar surface area (TPSA) is 86.6 Å². The lowest BCUT2D eigenvalue weighted by Gasteiger charge is -2.10. The first-order valence-corrected chi connectivity index (χ1v) is 6.91. The highest BCUT2D eigenvalue weighted by molar-refractivity contribution is 6.10. The maximum Gasteiger partial charge on any atom is 0.337 e. The van der Waals surface area contributed by atoms with Crippen LogP contribution in [0.15, 0.2) is 60.7 Å². The number of hydrogen-bond acceptors (Lipinski definition) is 3. The van der Waals surface area contributed by atoms with Gasteiger partial charge in [0.1, 0.15) is 5.75 Å². The molecule has 0 radical (unpaired) electrons. The van der Waals surface area contributed by atoms with Crippen molar-refractivity contribution in [3.8, 4) is 5.75 Å². The molecule has 0 fully saturated rings. The first-order valence-electron chi connectivity index (χ1n) is 6.91. The Labute approximate surface area is 131 Å². The smallest absolute Gasteiger partial charge is 0.337 e. The van der Waals surface area contributed by atoms with Crippen LogP contribution in [0.3, 0.4) is 0 Å². The van der Waals surface area contributed by atoms with Crippen molar-refractivity contribution < 1.29 is 19.8 Å². The molecule has 0 atom stereocenters. The minimum atomic E-state index is -1.12. The number of hydrogen-bond donors (Lipinski definition) is 3. The summed E-state index contributed by atoms with van der Waals surface area (Å²) in [5, 5.41) is 23.0. The van der Waals surface area contributed by atoms with Crippen LogP contribution >= 0.6 is 0 Å². The summed E-state index contributed by atoms with van der Waals surface area (Å²) in [7, 11) is 0. The number of benzene rings is 3. The summed E-state index contributed by atoms with van der Waals surface area (Å²) in [6.07, 6.45) is 0. The zero-order valence-electron chi connectivity index (χ0n) is 12.0. The van der Waals surface area contributed by atoms with E-state index in [0.29, 0.717) is 0 Å². The molecule has 0 aliphatic heterocycles. The van der Waals surface area contributed by atoms with E-state index in [2.05, 4.69) is 5.32 Å². The minimum Gasteiger partial charge on any atom is -0.508 e. The van der Waals surface area contributed by atoms with E-state index >= 15 is 0 Å². The quantitative estimate of drug-likeness (QED) is 0.691. The van der Waals surface area contributed by atoms with Gasteiger partial charge in [0, 0.05) is 5.56 Å². The van der Waals surface area contributed by atoms with Crippen molar-refractivity contribution in [2.75, 3.05) is 5.32 Å². The number of rotatable bonds is 3. The summed E-state index contributed by atoms with van der Waals surface area (Å²) in [5.41, 5.74) is 0.469. The van der Waals surface area contributed by atoms with Crippen LogP contribution in [-0.2, 0) is 0 Å². The molecule has 3 N–H and O–H groups in total. The highest BCUT2D eigenvalue weighted by atomic mass is 16.4. The van der Waals surface area contributed by atoms with Gasteiger partial charge in [-0.05, 0) is 41.1 Å². The number of carbonyl (C=O) groups excluding carboxylic acids is 1. The molecule has 0 unspecified atom stereocenters. The number of anilines is 1. The van der Waals surface area contributed by atoms with Crippen molar-refractivity contribution in [2.45, 2.75) is 0 Å². The molecule has 3 aromatic rings. The molecule has 5 nitrogen and oxygen atoms in total. The molecule has 5 heteroatoms. The Morgan fingerprint density at radius 1 is 0.870 bits per heavy atom. The van der Waals surface area contributed by atoms with E-state index in [-0.39, 0.29) is 22.6 Å². The first-order chi connectivity index (χ1) is 11.0. The molecule has 23 heavy (non-hydrogen) atoms. The monoisotopic (exact) mass is 307 g/mol. The SMILES string of the molecule is O=C(Nc1cc2ccccc2cc1C(=O)O)c1cccc(O)c1. The number of carbonyl (C=O) groups is 2. The molecule has 0 bridgehead atoms. The number of fused-ring (bicyclic) bond motifs is 1. The van der Waals surface area contributed by atoms with Crippen LogP contribution in [0, 0.1) is 0 Å². The predicted octanol–water partition coefficient (Wildman–Crippen LogP) is 3.50. The van der Waals surface area contributed by atoms with Crippen molar-refractivity contribution in [3.05, 3.63) is 71.8 Å². The predicted molar refractivity (Wildman–Crippen MR) is 87.0 cm³/mol. The fourth-order valence-electron chi connectivity index (χ4n) is 2.36. The molecule has 0 aliphatic carbocycles. The molecule has 3 aromatic carbocycles. The summed E-state index contributed by atoms with van der Waals surface area (Å²) < 4.78 is 0. The number of aromatic hydroxyl groups is 1. The van der Waals surface area contributed by atoms with Gasteiger partial charge in [-0.1, -0.05) is 30.3 Å². The molecular formula is C18H13NO4. The van der Waals surface area contributed by atoms with E-state index in [1.165, 1.54) is 24.3 Å². The van der Waals surface area contributed by atoms with Crippen molar-refractivity contribution in [3.63, 3.8) is 0 Å². The molecule has 114 valence electrons. The van der Waals surface area contributed by atoms with Crippen LogP contribution in [0.4, 0.5) is 5.69 Å². The van der Waals surface area contributed by atoms with Gasteiger partial charge in [-0.2, -0.15) is 0 Å². The Morgan fingerprint density at radius 2 is 1.57 bits per heavy atom. The minimum absolute atomic E-state index is 0.0113. The van der Waals surface area contributed by atoms with Crippen LogP contribution < -0.4 is 5.32 Å². The average molecular weight is 307 g/mol. The van der Waals surface area contributed by atoms with Crippen molar-refractivity contribution >= 4 is 28.3 Å². The van der Waals surface area contributed by atoms with Gasteiger partial charge in [-0.15, -0.1) is 0 Å². The molecular weight excluding hydrogens is 294 g/mol. The summed E-state index contributed by atoms with van der Waals surface area (Å²) in [4.78, 5) is 23.7. The first kappa shape index (κ1) is 14.6. The average Bonchev–Trinajstić information content (AvgIpc) is 2.54. The van der Waals surface area contributed by atoms with Crippen LogP contribution in [0.1, 0.15) is 20.7 Å². The van der Waals surface area contributed by atoms with E-state index in [1.54, 1.807) is 12.1 Å². The summed E-state index contributed by atoms with van der Waals surface area (Å²) in [6, 6.07) is 16.3. The number of carboxylic acid groups (broad SMARTS) is 1. The maximum atomic E-state index is 12.3. The Morgan fingerprint density at radius 3 is 2.22 bits per heavy atom. The van der Waals surface area contributed by atoms with E-state index < -0.39 is 11.9 Å². The van der Waals surface area contributed by atoms with Gasteiger partial charge >= 0.3 is 5.97 Å². The Kier molecular flexibility index (Phi) is 3.68. The normalized spacial score (nSPS) is 10.4. The summed E-state index contributed by atoms with van der Waals surface area (Å²) in [5.74, 6) is -1.64. The molecule has 0 saturated heterocycles. The highest BCUT2D eigenvalue weighted by Crippen LogP contribution is 2.25. The molecule has 0 heterocycles. The van der Waals surface area contributed by atoms with Gasteiger partial charge in [-0.3, -0.25) is 4.79 Å². The Hall–Kier alpha value is -3.34. The third-order valence-corrected chi connectivity index (χ3v) is 3.47. The van der Waals surface area contributed by atoms with Crippen LogP contribution in [0.2, 0.25) is 0 Å². The Balaban J connectivity index is 2.03. The fourth-order valence-corrected chi connectivity index (χ4v) is 2.36. The Bertz CT molecular complexity index is 918. The largest absolute Gasteiger partial charge is 0.508 e. The lowest BCUT2D eigenvalue weighted by molar-refractivity contribution is 0.0698. The van der Waals surface area contributed by atoms with Crippen molar-refractivity contribution in [2.24, 2.45) is 0 Å². The molecule has 0 aromatic heterocycles. The van der Waals surface area contributed by atoms with E-state index in [1.807, 2.05) is 24.3 Å². The van der Waals surface area contributed by atoms with Gasteiger partial charge in [0.05, 0.1) is 11.3 Å². The van der Waals surface area contributed by atoms with Gasteiger partial charge < -0.3 is 15.5 Å². The zero-order valence-corrected chi connectivity index (χ0v) is 12.0. The third-order valence-electron chi connectivity index (χ3n) is 3.47. The number of nitrogens with one attached hydrogen (secondary N) is 1. The second kappa shape index (κ2) is 5.81. The standard InChI is InChI=1S/C18H13NO4/c20-14-7-3-6-13(8-14)17(21)19-16-10-12-5-2-1-4-11(12)9-15(16)18(22)23/h1-10,20H,(H,19,21)(H,22,23). The number of carboxylic acids is 1. The molecule has 0 saturated carbocycles. The van der Waals surface area contributed by atoms with Crippen LogP contribution in [0.5, 0.6) is 5.75 Å². The zero-order chi connectivity index (χ0) is 16.4. The number of aromatic carboxylic acids is 1. The molecule has 3 rings (SSSR count). The maximum absolute atomic E-state index is 12.3. The molecule has 0 aliphatic rings. The highest BCUT2D eigenvalue weighted by Gasteiger charge is 2.15. The second-order valence-electron chi connectivity index (χ2n) is 5.05.